The van der Waals surface area contributed by atoms with Gasteiger partial charge in [0.05, 0.1) is 12.1 Å². The van der Waals surface area contributed by atoms with Crippen molar-refractivity contribution in [1.29, 1.82) is 0 Å². The number of carboxylic acid groups (broad SMARTS) is 2. The number of nitrogens with one attached hydrogen (secondary N) is 1. The summed E-state index contributed by atoms with van der Waals surface area (Å²) >= 11 is 0. The van der Waals surface area contributed by atoms with Crippen LogP contribution in [-0.4, -0.2) is 45.8 Å². The van der Waals surface area contributed by atoms with Crippen molar-refractivity contribution < 1.29 is 34.1 Å². The van der Waals surface area contributed by atoms with E-state index in [0.717, 1.165) is 5.56 Å². The van der Waals surface area contributed by atoms with E-state index in [2.05, 4.69) is 17.2 Å². The molecule has 1 amide bonds. The van der Waals surface area contributed by atoms with Gasteiger partial charge in [-0.2, -0.15) is 0 Å². The van der Waals surface area contributed by atoms with Crippen LogP contribution in [0.5, 0.6) is 5.75 Å². The van der Waals surface area contributed by atoms with E-state index in [1.54, 1.807) is 36.4 Å². The summed E-state index contributed by atoms with van der Waals surface area (Å²) in [5, 5.41) is 32.2. The van der Waals surface area contributed by atoms with Crippen LogP contribution < -0.4 is 16.5 Å². The number of carboxylic acids is 2. The number of benzene rings is 4. The first-order chi connectivity index (χ1) is 20.6. The molecule has 0 spiro atoms. The molecule has 3 aromatic carbocycles. The predicted molar refractivity (Wildman–Crippen MR) is 158 cm³/mol. The van der Waals surface area contributed by atoms with E-state index in [1.807, 2.05) is 0 Å². The van der Waals surface area contributed by atoms with Gasteiger partial charge in [-0.15, -0.1) is 0 Å². The highest BCUT2D eigenvalue weighted by Crippen LogP contribution is 2.42. The maximum absolute atomic E-state index is 12.9. The fourth-order valence-corrected chi connectivity index (χ4v) is 4.67. The number of phenols is 1. The molecule has 0 bridgehead atoms. The molecule has 0 unspecified atom stereocenters. The number of hydrogen-bond acceptors (Lipinski definition) is 7. The molecule has 1 aliphatic carbocycles. The predicted octanol–water partition coefficient (Wildman–Crippen LogP) is 3.70. The lowest BCUT2D eigenvalue weighted by molar-refractivity contribution is -0.138. The van der Waals surface area contributed by atoms with Gasteiger partial charge in [0, 0.05) is 39.8 Å². The third kappa shape index (κ3) is 6.22. The highest BCUT2D eigenvalue weighted by Gasteiger charge is 2.23. The number of fused-ring (bicyclic) bond motifs is 2. The zero-order valence-corrected chi connectivity index (χ0v) is 22.5. The van der Waals surface area contributed by atoms with Gasteiger partial charge in [0.15, 0.2) is 5.43 Å². The van der Waals surface area contributed by atoms with Crippen LogP contribution in [0.2, 0.25) is 0 Å². The number of hydrogen-bond donors (Lipinski definition) is 5. The topological polar surface area (TPSA) is 180 Å². The highest BCUT2D eigenvalue weighted by atomic mass is 16.4. The van der Waals surface area contributed by atoms with E-state index in [9.17, 15) is 29.4 Å². The molecule has 6 N–H and O–H groups in total. The summed E-state index contributed by atoms with van der Waals surface area (Å²) in [4.78, 5) is 48.2. The summed E-state index contributed by atoms with van der Waals surface area (Å²) in [6.45, 7) is -0.00881. The SMILES string of the molecule is N[C@@H](Cc1ccc(C#CCNC(=O)c2ccc(-c3c4ccc(=O)cc-4oc4cc(O)ccc34)c(C(=O)O)c2)cc1)C(=O)O. The minimum Gasteiger partial charge on any atom is -0.508 e. The van der Waals surface area contributed by atoms with Crippen molar-refractivity contribution >= 4 is 28.8 Å². The van der Waals surface area contributed by atoms with Crippen LogP contribution in [0, 0.1) is 11.8 Å². The molecule has 1 aliphatic heterocycles. The number of carbonyl (C=O) groups is 3. The normalized spacial score (nSPS) is 11.5. The number of rotatable bonds is 7. The van der Waals surface area contributed by atoms with Gasteiger partial charge in [-0.1, -0.05) is 30.0 Å². The van der Waals surface area contributed by atoms with Gasteiger partial charge in [0.1, 0.15) is 23.1 Å². The van der Waals surface area contributed by atoms with Crippen molar-refractivity contribution in [3.8, 4) is 40.0 Å². The largest absolute Gasteiger partial charge is 0.508 e. The van der Waals surface area contributed by atoms with Crippen LogP contribution in [-0.2, 0) is 11.2 Å². The van der Waals surface area contributed by atoms with Gasteiger partial charge in [-0.25, -0.2) is 4.79 Å². The molecule has 214 valence electrons. The molecule has 3 aromatic rings. The van der Waals surface area contributed by atoms with E-state index in [1.165, 1.54) is 42.5 Å². The summed E-state index contributed by atoms with van der Waals surface area (Å²) in [6, 6.07) is 18.8. The minimum absolute atomic E-state index is 0.00881. The van der Waals surface area contributed by atoms with E-state index in [-0.39, 0.29) is 46.6 Å². The molecule has 10 heteroatoms. The lowest BCUT2D eigenvalue weighted by Gasteiger charge is -2.17. The Labute approximate surface area is 244 Å². The third-order valence-corrected chi connectivity index (χ3v) is 6.76. The van der Waals surface area contributed by atoms with E-state index < -0.39 is 23.9 Å². The Hall–Kier alpha value is -5.92. The van der Waals surface area contributed by atoms with Crippen LogP contribution in [0.15, 0.2) is 88.1 Å². The Morgan fingerprint density at radius 1 is 0.907 bits per heavy atom. The lowest BCUT2D eigenvalue weighted by atomic mass is 9.90. The fourth-order valence-electron chi connectivity index (χ4n) is 4.67. The van der Waals surface area contributed by atoms with Crippen LogP contribution >= 0.6 is 0 Å². The Morgan fingerprint density at radius 2 is 1.65 bits per heavy atom. The first-order valence-corrected chi connectivity index (χ1v) is 13.0. The molecule has 2 aliphatic rings. The first-order valence-electron chi connectivity index (χ1n) is 13.0. The number of aliphatic carboxylic acids is 1. The number of nitrogens with two attached hydrogens (primary N) is 1. The molecule has 1 heterocycles. The van der Waals surface area contributed by atoms with E-state index >= 15 is 0 Å². The van der Waals surface area contributed by atoms with E-state index in [4.69, 9.17) is 15.3 Å². The summed E-state index contributed by atoms with van der Waals surface area (Å²) in [7, 11) is 0. The summed E-state index contributed by atoms with van der Waals surface area (Å²) < 4.78 is 5.84. The minimum atomic E-state index is -1.27. The van der Waals surface area contributed by atoms with Crippen LogP contribution in [0.25, 0.3) is 33.4 Å². The lowest BCUT2D eigenvalue weighted by Crippen LogP contribution is -2.32. The summed E-state index contributed by atoms with van der Waals surface area (Å²) in [5.74, 6) is 3.01. The van der Waals surface area contributed by atoms with Crippen molar-refractivity contribution in [3.63, 3.8) is 0 Å². The number of amides is 1. The van der Waals surface area contributed by atoms with Gasteiger partial charge < -0.3 is 30.8 Å². The number of phenolic OH excluding ortho intramolecular Hbond substituents is 1. The van der Waals surface area contributed by atoms with Gasteiger partial charge in [-0.05, 0) is 66.1 Å². The quantitative estimate of drug-likeness (QED) is 0.143. The molecule has 1 atom stereocenters. The Kier molecular flexibility index (Phi) is 7.92. The van der Waals surface area contributed by atoms with Gasteiger partial charge in [0.2, 0.25) is 0 Å². The molecule has 0 radical (unpaired) electrons. The standard InChI is InChI=1S/C33H24N2O8/c34-27(33(41)42)14-19-5-3-18(4-6-19)2-1-13-35-31(38)20-7-10-23(26(15-20)32(39)40)30-24-11-8-21(36)16-28(24)43-29-17-22(37)9-12-25(29)30/h3-12,15-17,27,36H,13-14,34H2,(H,35,38)(H,39,40)(H,41,42)/t27-/m0/s1. The smallest absolute Gasteiger partial charge is 0.336 e. The number of aromatic carboxylic acids is 1. The Balaban J connectivity index is 1.39. The molecular formula is C33H24N2O8. The number of aromatic hydroxyl groups is 1. The second-order valence-electron chi connectivity index (χ2n) is 9.71. The molecule has 43 heavy (non-hydrogen) atoms. The zero-order chi connectivity index (χ0) is 30.7. The summed E-state index contributed by atoms with van der Waals surface area (Å²) in [5.41, 5.74) is 8.15. The molecule has 0 fully saturated rings. The fraction of sp³-hybridized carbons (Fsp3) is 0.0909. The van der Waals surface area contributed by atoms with Crippen LogP contribution in [0.4, 0.5) is 0 Å². The van der Waals surface area contributed by atoms with Crippen LogP contribution in [0.3, 0.4) is 0 Å². The van der Waals surface area contributed by atoms with Crippen molar-refractivity contribution in [2.75, 3.05) is 6.54 Å². The first kappa shape index (κ1) is 28.6. The highest BCUT2D eigenvalue weighted by molar-refractivity contribution is 6.09. The second kappa shape index (κ2) is 11.9. The molecule has 0 saturated carbocycles. The van der Waals surface area contributed by atoms with Crippen molar-refractivity contribution in [2.24, 2.45) is 5.73 Å². The Morgan fingerprint density at radius 3 is 2.37 bits per heavy atom. The van der Waals surface area contributed by atoms with Crippen molar-refractivity contribution in [3.05, 3.63) is 111 Å². The van der Waals surface area contributed by atoms with E-state index in [0.29, 0.717) is 27.6 Å². The molecule has 10 nitrogen and oxygen atoms in total. The molecular weight excluding hydrogens is 552 g/mol. The molecule has 0 saturated heterocycles. The average molecular weight is 577 g/mol. The van der Waals surface area contributed by atoms with Crippen LogP contribution in [0.1, 0.15) is 31.8 Å². The number of carbonyl (C=O) groups excluding carboxylic acids is 1. The Bertz CT molecular complexity index is 1980. The van der Waals surface area contributed by atoms with Crippen molar-refractivity contribution in [2.45, 2.75) is 12.5 Å². The van der Waals surface area contributed by atoms with Gasteiger partial charge in [0.25, 0.3) is 5.91 Å². The average Bonchev–Trinajstić information content (AvgIpc) is 2.98. The maximum atomic E-state index is 12.9. The zero-order valence-electron chi connectivity index (χ0n) is 22.5. The third-order valence-electron chi connectivity index (χ3n) is 6.76. The second-order valence-corrected chi connectivity index (χ2v) is 9.71. The van der Waals surface area contributed by atoms with Crippen molar-refractivity contribution in [1.82, 2.24) is 5.32 Å². The maximum Gasteiger partial charge on any atom is 0.336 e. The summed E-state index contributed by atoms with van der Waals surface area (Å²) in [6.07, 6.45) is 0.187. The monoisotopic (exact) mass is 576 g/mol. The molecule has 0 aromatic heterocycles. The molecule has 5 rings (SSSR count). The van der Waals surface area contributed by atoms with Gasteiger partial charge in [-0.3, -0.25) is 14.4 Å². The van der Waals surface area contributed by atoms with Gasteiger partial charge >= 0.3 is 11.9 Å².